The van der Waals surface area contributed by atoms with Gasteiger partial charge in [0.1, 0.15) is 0 Å². The molecule has 0 amide bonds. The average Bonchev–Trinajstić information content (AvgIpc) is 2.90. The van der Waals surface area contributed by atoms with Crippen molar-refractivity contribution in [1.82, 2.24) is 25.3 Å². The molecular formula is C21H35IN6. The number of likely N-dealkylation sites (N-methyl/N-ethyl adjacent to an activating group) is 1. The van der Waals surface area contributed by atoms with Crippen molar-refractivity contribution < 1.29 is 0 Å². The van der Waals surface area contributed by atoms with E-state index in [0.29, 0.717) is 6.54 Å². The molecule has 2 N–H and O–H groups in total. The molecule has 0 bridgehead atoms. The fourth-order valence-corrected chi connectivity index (χ4v) is 3.23. The number of benzene rings is 1. The normalized spacial score (nSPS) is 12.6. The summed E-state index contributed by atoms with van der Waals surface area (Å²) in [4.78, 5) is 6.60. The number of hydrogen-bond acceptors (Lipinski definition) is 3. The Hall–Kier alpha value is -1.61. The van der Waals surface area contributed by atoms with Gasteiger partial charge in [0, 0.05) is 38.4 Å². The largest absolute Gasteiger partial charge is 0.354 e. The van der Waals surface area contributed by atoms with Crippen LogP contribution in [0.4, 0.5) is 0 Å². The lowest BCUT2D eigenvalue weighted by Crippen LogP contribution is -2.41. The number of aryl methyl sites for hydroxylation is 3. The summed E-state index contributed by atoms with van der Waals surface area (Å²) in [6.45, 7) is 7.81. The van der Waals surface area contributed by atoms with Crippen molar-refractivity contribution in [3.05, 3.63) is 52.3 Å². The van der Waals surface area contributed by atoms with E-state index in [0.717, 1.165) is 24.6 Å². The monoisotopic (exact) mass is 498 g/mol. The lowest BCUT2D eigenvalue weighted by molar-refractivity contribution is 0.298. The number of hydrogen-bond donors (Lipinski definition) is 2. The third-order valence-corrected chi connectivity index (χ3v) is 5.17. The Bertz CT molecular complexity index is 764. The van der Waals surface area contributed by atoms with E-state index in [1.54, 1.807) is 7.05 Å². The van der Waals surface area contributed by atoms with Gasteiger partial charge in [-0.05, 0) is 45.5 Å². The van der Waals surface area contributed by atoms with Crippen molar-refractivity contribution in [3.63, 3.8) is 0 Å². The van der Waals surface area contributed by atoms with Gasteiger partial charge in [0.15, 0.2) is 5.96 Å². The highest BCUT2D eigenvalue weighted by molar-refractivity contribution is 14.0. The molecule has 0 fully saturated rings. The van der Waals surface area contributed by atoms with Crippen LogP contribution in [0.25, 0.3) is 0 Å². The molecule has 0 saturated carbocycles. The zero-order valence-corrected chi connectivity index (χ0v) is 20.5. The Kier molecular flexibility index (Phi) is 9.95. The second kappa shape index (κ2) is 11.4. The zero-order valence-electron chi connectivity index (χ0n) is 18.2. The van der Waals surface area contributed by atoms with Gasteiger partial charge in [0.2, 0.25) is 0 Å². The first kappa shape index (κ1) is 24.4. The van der Waals surface area contributed by atoms with E-state index in [4.69, 9.17) is 0 Å². The molecule has 0 radical (unpaired) electrons. The van der Waals surface area contributed by atoms with E-state index in [1.807, 2.05) is 18.7 Å². The first-order valence-corrected chi connectivity index (χ1v) is 9.56. The van der Waals surface area contributed by atoms with E-state index in [2.05, 4.69) is 77.8 Å². The summed E-state index contributed by atoms with van der Waals surface area (Å²) < 4.78 is 1.92. The molecule has 1 aromatic carbocycles. The summed E-state index contributed by atoms with van der Waals surface area (Å²) >= 11 is 0. The Labute approximate surface area is 186 Å². The van der Waals surface area contributed by atoms with Crippen LogP contribution in [0, 0.1) is 13.8 Å². The SMILES string of the molecule is CCc1ccc(C(CNC(=NC)NCc2c(C)nn(C)c2C)N(C)C)cc1.I. The maximum Gasteiger partial charge on any atom is 0.191 e. The van der Waals surface area contributed by atoms with Gasteiger partial charge in [0.05, 0.1) is 11.7 Å². The Morgan fingerprint density at radius 3 is 2.29 bits per heavy atom. The molecule has 0 saturated heterocycles. The van der Waals surface area contributed by atoms with Crippen molar-refractivity contribution in [3.8, 4) is 0 Å². The molecular weight excluding hydrogens is 463 g/mol. The van der Waals surface area contributed by atoms with E-state index in [1.165, 1.54) is 22.4 Å². The molecule has 6 nitrogen and oxygen atoms in total. The summed E-state index contributed by atoms with van der Waals surface area (Å²) in [5.41, 5.74) is 6.13. The smallest absolute Gasteiger partial charge is 0.191 e. The van der Waals surface area contributed by atoms with Gasteiger partial charge in [-0.25, -0.2) is 0 Å². The van der Waals surface area contributed by atoms with E-state index in [9.17, 15) is 0 Å². The molecule has 28 heavy (non-hydrogen) atoms. The number of halogens is 1. The average molecular weight is 498 g/mol. The number of guanidine groups is 1. The number of nitrogens with zero attached hydrogens (tertiary/aromatic N) is 4. The fraction of sp³-hybridized carbons (Fsp3) is 0.524. The number of aliphatic imine (C=N–C) groups is 1. The summed E-state index contributed by atoms with van der Waals surface area (Å²) in [5.74, 6) is 0.801. The van der Waals surface area contributed by atoms with Gasteiger partial charge >= 0.3 is 0 Å². The third kappa shape index (κ3) is 6.20. The van der Waals surface area contributed by atoms with E-state index >= 15 is 0 Å². The second-order valence-electron chi connectivity index (χ2n) is 7.15. The number of rotatable bonds is 7. The first-order chi connectivity index (χ1) is 12.9. The molecule has 156 valence electrons. The summed E-state index contributed by atoms with van der Waals surface area (Å²) in [6.07, 6.45) is 1.06. The molecule has 0 spiro atoms. The van der Waals surface area contributed by atoms with Crippen LogP contribution in [0.15, 0.2) is 29.3 Å². The van der Waals surface area contributed by atoms with Crippen molar-refractivity contribution in [2.24, 2.45) is 12.0 Å². The molecule has 2 rings (SSSR count). The summed E-state index contributed by atoms with van der Waals surface area (Å²) in [5, 5.41) is 11.4. The molecule has 7 heteroatoms. The third-order valence-electron chi connectivity index (χ3n) is 5.17. The van der Waals surface area contributed by atoms with Crippen LogP contribution in [0.5, 0.6) is 0 Å². The predicted molar refractivity (Wildman–Crippen MR) is 129 cm³/mol. The minimum absolute atomic E-state index is 0. The molecule has 0 aliphatic carbocycles. The van der Waals surface area contributed by atoms with Crippen molar-refractivity contribution in [2.75, 3.05) is 27.7 Å². The van der Waals surface area contributed by atoms with Crippen molar-refractivity contribution in [1.29, 1.82) is 0 Å². The molecule has 2 aromatic rings. The van der Waals surface area contributed by atoms with E-state index in [-0.39, 0.29) is 30.0 Å². The molecule has 0 aliphatic heterocycles. The van der Waals surface area contributed by atoms with Crippen LogP contribution in [0.3, 0.4) is 0 Å². The zero-order chi connectivity index (χ0) is 20.0. The maximum absolute atomic E-state index is 4.48. The summed E-state index contributed by atoms with van der Waals surface area (Å²) in [7, 11) is 8.00. The molecule has 1 heterocycles. The van der Waals surface area contributed by atoms with Gasteiger partial charge in [-0.3, -0.25) is 9.67 Å². The van der Waals surface area contributed by atoms with E-state index < -0.39 is 0 Å². The standard InChI is InChI=1S/C21H34N6.HI/c1-8-17-9-11-18(12-10-17)20(26(5)6)14-24-21(22-4)23-13-19-15(2)25-27(7)16(19)3;/h9-12,20H,8,13-14H2,1-7H3,(H2,22,23,24);1H. The first-order valence-electron chi connectivity index (χ1n) is 9.56. The predicted octanol–water partition coefficient (Wildman–Crippen LogP) is 3.19. The number of aromatic nitrogens is 2. The Morgan fingerprint density at radius 2 is 1.82 bits per heavy atom. The molecule has 1 atom stereocenters. The van der Waals surface area contributed by atoms with Gasteiger partial charge < -0.3 is 15.5 Å². The molecule has 1 aromatic heterocycles. The second-order valence-corrected chi connectivity index (χ2v) is 7.15. The van der Waals surface area contributed by atoms with Crippen LogP contribution < -0.4 is 10.6 Å². The van der Waals surface area contributed by atoms with Gasteiger partial charge in [0.25, 0.3) is 0 Å². The van der Waals surface area contributed by atoms with Crippen LogP contribution in [-0.4, -0.2) is 48.3 Å². The maximum atomic E-state index is 4.48. The van der Waals surface area contributed by atoms with Crippen molar-refractivity contribution >= 4 is 29.9 Å². The van der Waals surface area contributed by atoms with Crippen LogP contribution in [0.2, 0.25) is 0 Å². The lowest BCUT2D eigenvalue weighted by atomic mass is 10.0. The highest BCUT2D eigenvalue weighted by Crippen LogP contribution is 2.18. The van der Waals surface area contributed by atoms with Crippen LogP contribution in [0.1, 0.15) is 41.0 Å². The molecule has 0 aliphatic rings. The van der Waals surface area contributed by atoms with Gasteiger partial charge in [-0.2, -0.15) is 5.10 Å². The highest BCUT2D eigenvalue weighted by atomic mass is 127. The fourth-order valence-electron chi connectivity index (χ4n) is 3.23. The minimum Gasteiger partial charge on any atom is -0.354 e. The Balaban J connectivity index is 0.00000392. The Morgan fingerprint density at radius 1 is 1.18 bits per heavy atom. The quantitative estimate of drug-likeness (QED) is 0.350. The van der Waals surface area contributed by atoms with Gasteiger partial charge in [-0.15, -0.1) is 24.0 Å². The van der Waals surface area contributed by atoms with Gasteiger partial charge in [-0.1, -0.05) is 31.2 Å². The van der Waals surface area contributed by atoms with Crippen LogP contribution in [-0.2, 0) is 20.0 Å². The number of nitrogens with one attached hydrogen (secondary N) is 2. The highest BCUT2D eigenvalue weighted by Gasteiger charge is 2.15. The van der Waals surface area contributed by atoms with Crippen molar-refractivity contribution in [2.45, 2.75) is 39.8 Å². The molecule has 1 unspecified atom stereocenters. The summed E-state index contributed by atoms with van der Waals surface area (Å²) in [6, 6.07) is 9.16. The lowest BCUT2D eigenvalue weighted by Gasteiger charge is -2.26. The van der Waals surface area contributed by atoms with Crippen LogP contribution >= 0.6 is 24.0 Å². The topological polar surface area (TPSA) is 57.5 Å². The minimum atomic E-state index is 0.